The molecule has 0 atom stereocenters. The van der Waals surface area contributed by atoms with Crippen molar-refractivity contribution < 1.29 is 22.8 Å². The van der Waals surface area contributed by atoms with Crippen molar-refractivity contribution >= 4 is 23.2 Å². The van der Waals surface area contributed by atoms with E-state index in [1.807, 2.05) is 0 Å². The molecule has 0 spiro atoms. The highest BCUT2D eigenvalue weighted by molar-refractivity contribution is 7.10. The standard InChI is InChI=1S/C15H11F3N2O2S/c16-15(17,18)12-3-8(7-23-12)5-19-13(21)9-1-2-11-10(4-9)6-20-14(11)22/h1-4,7H,5-6H2,(H,19,21)(H,20,22). The van der Waals surface area contributed by atoms with E-state index in [1.54, 1.807) is 12.1 Å². The molecule has 23 heavy (non-hydrogen) atoms. The van der Waals surface area contributed by atoms with Crippen LogP contribution in [0.1, 0.15) is 36.7 Å². The summed E-state index contributed by atoms with van der Waals surface area (Å²) in [7, 11) is 0. The number of alkyl halides is 3. The van der Waals surface area contributed by atoms with Gasteiger partial charge in [-0.3, -0.25) is 9.59 Å². The Morgan fingerprint density at radius 2 is 2.09 bits per heavy atom. The summed E-state index contributed by atoms with van der Waals surface area (Å²) in [5, 5.41) is 6.60. The molecule has 0 unspecified atom stereocenters. The number of hydrogen-bond donors (Lipinski definition) is 2. The second-order valence-corrected chi connectivity index (χ2v) is 5.97. The third-order valence-electron chi connectivity index (χ3n) is 3.44. The summed E-state index contributed by atoms with van der Waals surface area (Å²) in [4.78, 5) is 22.8. The first-order valence-electron chi connectivity index (χ1n) is 6.68. The number of nitrogens with one attached hydrogen (secondary N) is 2. The van der Waals surface area contributed by atoms with E-state index in [4.69, 9.17) is 0 Å². The third kappa shape index (κ3) is 3.21. The Morgan fingerprint density at radius 3 is 2.78 bits per heavy atom. The van der Waals surface area contributed by atoms with Crippen molar-refractivity contribution in [1.29, 1.82) is 0 Å². The predicted octanol–water partition coefficient (Wildman–Crippen LogP) is 2.94. The molecule has 2 aromatic rings. The van der Waals surface area contributed by atoms with Gasteiger partial charge in [-0.2, -0.15) is 13.2 Å². The molecule has 2 heterocycles. The van der Waals surface area contributed by atoms with Crippen molar-refractivity contribution in [2.24, 2.45) is 0 Å². The summed E-state index contributed by atoms with van der Waals surface area (Å²) in [6, 6.07) is 5.72. The lowest BCUT2D eigenvalue weighted by molar-refractivity contribution is -0.134. The van der Waals surface area contributed by atoms with Gasteiger partial charge >= 0.3 is 6.18 Å². The molecule has 8 heteroatoms. The summed E-state index contributed by atoms with van der Waals surface area (Å²) < 4.78 is 37.5. The Hall–Kier alpha value is -2.35. The van der Waals surface area contributed by atoms with Gasteiger partial charge in [-0.25, -0.2) is 0 Å². The fourth-order valence-electron chi connectivity index (χ4n) is 2.27. The summed E-state index contributed by atoms with van der Waals surface area (Å²) >= 11 is 0.598. The SMILES string of the molecule is O=C(NCc1csc(C(F)(F)F)c1)c1ccc2c(c1)CNC2=O. The smallest absolute Gasteiger partial charge is 0.348 e. The second kappa shape index (κ2) is 5.69. The Bertz CT molecular complexity index is 783. The van der Waals surface area contributed by atoms with E-state index in [0.717, 1.165) is 11.6 Å². The fourth-order valence-corrected chi connectivity index (χ4v) is 3.06. The van der Waals surface area contributed by atoms with E-state index in [0.29, 0.717) is 34.6 Å². The number of halogens is 3. The molecule has 0 fully saturated rings. The van der Waals surface area contributed by atoms with Gasteiger partial charge in [0.05, 0.1) is 0 Å². The zero-order chi connectivity index (χ0) is 16.6. The van der Waals surface area contributed by atoms with Gasteiger partial charge in [-0.1, -0.05) is 0 Å². The van der Waals surface area contributed by atoms with Crippen molar-refractivity contribution in [3.05, 3.63) is 56.8 Å². The van der Waals surface area contributed by atoms with Crippen molar-refractivity contribution in [3.63, 3.8) is 0 Å². The summed E-state index contributed by atoms with van der Waals surface area (Å²) in [5.74, 6) is -0.572. The van der Waals surface area contributed by atoms with Crippen molar-refractivity contribution in [2.75, 3.05) is 0 Å². The first-order chi connectivity index (χ1) is 10.8. The fraction of sp³-hybridized carbons (Fsp3) is 0.200. The molecular formula is C15H11F3N2O2S. The van der Waals surface area contributed by atoms with Gasteiger partial charge < -0.3 is 10.6 Å². The number of thiophene rings is 1. The number of hydrogen-bond acceptors (Lipinski definition) is 3. The van der Waals surface area contributed by atoms with Crippen LogP contribution in [0.4, 0.5) is 13.2 Å². The number of carbonyl (C=O) groups excluding carboxylic acids is 2. The first kappa shape index (κ1) is 15.5. The Balaban J connectivity index is 1.66. The number of benzene rings is 1. The number of amides is 2. The molecule has 0 saturated heterocycles. The molecule has 120 valence electrons. The van der Waals surface area contributed by atoms with Gasteiger partial charge in [-0.05, 0) is 40.8 Å². The van der Waals surface area contributed by atoms with Gasteiger partial charge in [0.15, 0.2) is 0 Å². The van der Waals surface area contributed by atoms with Gasteiger partial charge in [0.2, 0.25) is 0 Å². The van der Waals surface area contributed by atoms with Crippen LogP contribution in [0.3, 0.4) is 0 Å². The predicted molar refractivity (Wildman–Crippen MR) is 78.1 cm³/mol. The van der Waals surface area contributed by atoms with Crippen LogP contribution in [0.15, 0.2) is 29.6 Å². The number of rotatable bonds is 3. The van der Waals surface area contributed by atoms with E-state index in [9.17, 15) is 22.8 Å². The first-order valence-corrected chi connectivity index (χ1v) is 7.56. The lowest BCUT2D eigenvalue weighted by atomic mass is 10.1. The van der Waals surface area contributed by atoms with E-state index in [-0.39, 0.29) is 12.5 Å². The Morgan fingerprint density at radius 1 is 1.30 bits per heavy atom. The Kier molecular flexibility index (Phi) is 3.85. The molecular weight excluding hydrogens is 329 g/mol. The molecule has 3 rings (SSSR count). The lowest BCUT2D eigenvalue weighted by Crippen LogP contribution is -2.22. The number of carbonyl (C=O) groups is 2. The van der Waals surface area contributed by atoms with Crippen LogP contribution < -0.4 is 10.6 Å². The molecule has 0 bridgehead atoms. The van der Waals surface area contributed by atoms with Crippen LogP contribution in [0.5, 0.6) is 0 Å². The van der Waals surface area contributed by atoms with E-state index in [1.165, 1.54) is 11.4 Å². The Labute approximate surface area is 133 Å². The lowest BCUT2D eigenvalue weighted by Gasteiger charge is -2.05. The highest BCUT2D eigenvalue weighted by Gasteiger charge is 2.32. The van der Waals surface area contributed by atoms with Crippen LogP contribution in [0.2, 0.25) is 0 Å². The minimum absolute atomic E-state index is 0.0136. The topological polar surface area (TPSA) is 58.2 Å². The van der Waals surface area contributed by atoms with Crippen LogP contribution in [-0.4, -0.2) is 11.8 Å². The largest absolute Gasteiger partial charge is 0.425 e. The van der Waals surface area contributed by atoms with E-state index < -0.39 is 17.0 Å². The molecule has 1 aliphatic heterocycles. The van der Waals surface area contributed by atoms with Gasteiger partial charge in [0.25, 0.3) is 11.8 Å². The molecule has 1 aromatic heterocycles. The van der Waals surface area contributed by atoms with Crippen molar-refractivity contribution in [3.8, 4) is 0 Å². The molecule has 1 aromatic carbocycles. The average molecular weight is 340 g/mol. The zero-order valence-corrected chi connectivity index (χ0v) is 12.5. The molecule has 1 aliphatic rings. The van der Waals surface area contributed by atoms with Gasteiger partial charge in [0.1, 0.15) is 4.88 Å². The minimum Gasteiger partial charge on any atom is -0.348 e. The summed E-state index contributed by atoms with van der Waals surface area (Å²) in [6.45, 7) is 0.383. The molecule has 4 nitrogen and oxygen atoms in total. The normalized spacial score (nSPS) is 13.6. The van der Waals surface area contributed by atoms with Gasteiger partial charge in [-0.15, -0.1) is 11.3 Å². The number of fused-ring (bicyclic) bond motifs is 1. The van der Waals surface area contributed by atoms with Gasteiger partial charge in [0, 0.05) is 24.2 Å². The second-order valence-electron chi connectivity index (χ2n) is 5.05. The molecule has 2 N–H and O–H groups in total. The zero-order valence-electron chi connectivity index (χ0n) is 11.7. The summed E-state index contributed by atoms with van der Waals surface area (Å²) in [5.41, 5.74) is 2.03. The average Bonchev–Trinajstić information content (AvgIpc) is 3.11. The van der Waals surface area contributed by atoms with Crippen LogP contribution in [0, 0.1) is 0 Å². The maximum atomic E-state index is 12.5. The molecule has 0 aliphatic carbocycles. The molecule has 2 amide bonds. The monoisotopic (exact) mass is 340 g/mol. The maximum absolute atomic E-state index is 12.5. The molecule has 0 radical (unpaired) electrons. The van der Waals surface area contributed by atoms with Crippen molar-refractivity contribution in [1.82, 2.24) is 10.6 Å². The highest BCUT2D eigenvalue weighted by atomic mass is 32.1. The summed E-state index contributed by atoms with van der Waals surface area (Å²) in [6.07, 6.45) is -4.37. The minimum atomic E-state index is -4.37. The van der Waals surface area contributed by atoms with Crippen LogP contribution in [-0.2, 0) is 19.3 Å². The third-order valence-corrected chi connectivity index (χ3v) is 4.46. The van der Waals surface area contributed by atoms with E-state index in [2.05, 4.69) is 10.6 Å². The highest BCUT2D eigenvalue weighted by Crippen LogP contribution is 2.34. The maximum Gasteiger partial charge on any atom is 0.425 e. The molecule has 0 saturated carbocycles. The van der Waals surface area contributed by atoms with E-state index >= 15 is 0 Å². The van der Waals surface area contributed by atoms with Crippen molar-refractivity contribution in [2.45, 2.75) is 19.3 Å². The quantitative estimate of drug-likeness (QED) is 0.903. The van der Waals surface area contributed by atoms with Crippen LogP contribution in [0.25, 0.3) is 0 Å². The van der Waals surface area contributed by atoms with Crippen LogP contribution >= 0.6 is 11.3 Å².